The number of para-hydroxylation sites is 1. The maximum atomic E-state index is 8.69. The lowest BCUT2D eigenvalue weighted by Crippen LogP contribution is -2.16. The number of hydrogen-bond donors (Lipinski definition) is 1. The van der Waals surface area contributed by atoms with Gasteiger partial charge in [0, 0.05) is 18.3 Å². The van der Waals surface area contributed by atoms with E-state index >= 15 is 0 Å². The van der Waals surface area contributed by atoms with Crippen LogP contribution in [0.15, 0.2) is 53.1 Å². The normalized spacial score (nSPS) is 10.8. The fourth-order valence-corrected chi connectivity index (χ4v) is 2.45. The van der Waals surface area contributed by atoms with Crippen molar-refractivity contribution >= 4 is 10.9 Å². The van der Waals surface area contributed by atoms with Gasteiger partial charge in [-0.2, -0.15) is 5.26 Å². The number of rotatable bonds is 6. The molecular weight excluding hydrogens is 262 g/mol. The number of nitrogens with one attached hydrogen (secondary N) is 1. The van der Waals surface area contributed by atoms with Crippen LogP contribution in [0.5, 0.6) is 0 Å². The molecule has 4 heteroatoms. The third-order valence-electron chi connectivity index (χ3n) is 3.50. The first kappa shape index (κ1) is 13.5. The Labute approximate surface area is 123 Å². The van der Waals surface area contributed by atoms with Crippen molar-refractivity contribution in [2.45, 2.75) is 19.5 Å². The van der Waals surface area contributed by atoms with Gasteiger partial charge in [-0.3, -0.25) is 0 Å². The standard InChI is InChI=1S/C17H17N3O/c18-12-15-6-7-16(21-15)13-19-9-3-10-20-11-8-14-4-1-2-5-17(14)20/h1-2,4-8,11,19H,3,9-10,13H2. The second-order valence-electron chi connectivity index (χ2n) is 4.98. The van der Waals surface area contributed by atoms with E-state index in [1.807, 2.05) is 12.1 Å². The van der Waals surface area contributed by atoms with E-state index in [1.165, 1.54) is 10.9 Å². The quantitative estimate of drug-likeness (QED) is 0.704. The van der Waals surface area contributed by atoms with E-state index in [0.29, 0.717) is 12.3 Å². The van der Waals surface area contributed by atoms with Gasteiger partial charge in [-0.15, -0.1) is 0 Å². The molecule has 0 amide bonds. The Morgan fingerprint density at radius 2 is 2.05 bits per heavy atom. The monoisotopic (exact) mass is 279 g/mol. The average molecular weight is 279 g/mol. The van der Waals surface area contributed by atoms with E-state index in [0.717, 1.165) is 25.3 Å². The van der Waals surface area contributed by atoms with E-state index in [9.17, 15) is 0 Å². The number of nitrogens with zero attached hydrogens (tertiary/aromatic N) is 2. The van der Waals surface area contributed by atoms with Gasteiger partial charge in [-0.1, -0.05) is 18.2 Å². The number of hydrogen-bond acceptors (Lipinski definition) is 3. The van der Waals surface area contributed by atoms with Gasteiger partial charge < -0.3 is 14.3 Å². The molecule has 0 fully saturated rings. The van der Waals surface area contributed by atoms with E-state index in [-0.39, 0.29) is 0 Å². The predicted octanol–water partition coefficient (Wildman–Crippen LogP) is 3.29. The maximum absolute atomic E-state index is 8.69. The molecule has 0 aliphatic heterocycles. The van der Waals surface area contributed by atoms with E-state index in [2.05, 4.69) is 46.4 Å². The molecule has 0 atom stereocenters. The highest BCUT2D eigenvalue weighted by molar-refractivity contribution is 5.79. The molecule has 4 nitrogen and oxygen atoms in total. The van der Waals surface area contributed by atoms with Crippen LogP contribution in [0.3, 0.4) is 0 Å². The number of nitriles is 1. The second kappa shape index (κ2) is 6.29. The first-order chi connectivity index (χ1) is 10.4. The minimum absolute atomic E-state index is 0.366. The summed E-state index contributed by atoms with van der Waals surface area (Å²) < 4.78 is 7.59. The summed E-state index contributed by atoms with van der Waals surface area (Å²) >= 11 is 0. The van der Waals surface area contributed by atoms with Crippen molar-refractivity contribution in [2.24, 2.45) is 0 Å². The van der Waals surface area contributed by atoms with Crippen LogP contribution in [0, 0.1) is 11.3 Å². The van der Waals surface area contributed by atoms with Crippen molar-refractivity contribution < 1.29 is 4.42 Å². The highest BCUT2D eigenvalue weighted by Crippen LogP contribution is 2.15. The summed E-state index contributed by atoms with van der Waals surface area (Å²) in [6.45, 7) is 2.56. The lowest BCUT2D eigenvalue weighted by atomic mass is 10.2. The molecule has 1 N–H and O–H groups in total. The minimum Gasteiger partial charge on any atom is -0.449 e. The zero-order valence-corrected chi connectivity index (χ0v) is 11.7. The number of aryl methyl sites for hydroxylation is 1. The first-order valence-electron chi connectivity index (χ1n) is 7.10. The zero-order chi connectivity index (χ0) is 14.5. The van der Waals surface area contributed by atoms with E-state index in [1.54, 1.807) is 6.07 Å². The van der Waals surface area contributed by atoms with Gasteiger partial charge in [0.05, 0.1) is 6.54 Å². The molecule has 0 radical (unpaired) electrons. The number of benzene rings is 1. The fourth-order valence-electron chi connectivity index (χ4n) is 2.45. The Morgan fingerprint density at radius 1 is 1.14 bits per heavy atom. The Hall–Kier alpha value is -2.51. The van der Waals surface area contributed by atoms with Gasteiger partial charge in [0.2, 0.25) is 5.76 Å². The Morgan fingerprint density at radius 3 is 2.90 bits per heavy atom. The van der Waals surface area contributed by atoms with Crippen LogP contribution >= 0.6 is 0 Å². The highest BCUT2D eigenvalue weighted by atomic mass is 16.3. The molecule has 0 saturated carbocycles. The van der Waals surface area contributed by atoms with Gasteiger partial charge in [0.15, 0.2) is 0 Å². The molecule has 0 unspecified atom stereocenters. The molecule has 0 aliphatic rings. The highest BCUT2D eigenvalue weighted by Gasteiger charge is 2.01. The molecule has 0 bridgehead atoms. The van der Waals surface area contributed by atoms with Gasteiger partial charge >= 0.3 is 0 Å². The summed E-state index contributed by atoms with van der Waals surface area (Å²) in [4.78, 5) is 0. The van der Waals surface area contributed by atoms with Crippen LogP contribution in [-0.2, 0) is 13.1 Å². The van der Waals surface area contributed by atoms with Gasteiger partial charge in [0.25, 0.3) is 0 Å². The third kappa shape index (κ3) is 3.15. The predicted molar refractivity (Wildman–Crippen MR) is 81.7 cm³/mol. The van der Waals surface area contributed by atoms with Crippen molar-refractivity contribution in [3.05, 3.63) is 60.2 Å². The number of aromatic nitrogens is 1. The molecular formula is C17H17N3O. The molecule has 106 valence electrons. The van der Waals surface area contributed by atoms with Crippen molar-refractivity contribution in [1.82, 2.24) is 9.88 Å². The average Bonchev–Trinajstić information content (AvgIpc) is 3.14. The zero-order valence-electron chi connectivity index (χ0n) is 11.7. The Balaban J connectivity index is 1.45. The SMILES string of the molecule is N#Cc1ccc(CNCCCn2ccc3ccccc32)o1. The second-order valence-corrected chi connectivity index (χ2v) is 4.98. The van der Waals surface area contributed by atoms with Crippen LogP contribution in [0.1, 0.15) is 17.9 Å². The fraction of sp³-hybridized carbons (Fsp3) is 0.235. The number of furan rings is 1. The van der Waals surface area contributed by atoms with Gasteiger partial charge in [0.1, 0.15) is 11.8 Å². The van der Waals surface area contributed by atoms with Gasteiger partial charge in [-0.05, 0) is 42.6 Å². The molecule has 0 spiro atoms. The number of fused-ring (bicyclic) bond motifs is 1. The first-order valence-corrected chi connectivity index (χ1v) is 7.10. The molecule has 21 heavy (non-hydrogen) atoms. The largest absolute Gasteiger partial charge is 0.449 e. The lowest BCUT2D eigenvalue weighted by Gasteiger charge is -2.06. The summed E-state index contributed by atoms with van der Waals surface area (Å²) in [6, 6.07) is 16.1. The van der Waals surface area contributed by atoms with Crippen LogP contribution in [0.2, 0.25) is 0 Å². The lowest BCUT2D eigenvalue weighted by molar-refractivity contribution is 0.468. The van der Waals surface area contributed by atoms with Crippen LogP contribution in [0.25, 0.3) is 10.9 Å². The van der Waals surface area contributed by atoms with Crippen molar-refractivity contribution in [3.63, 3.8) is 0 Å². The Kier molecular flexibility index (Phi) is 4.04. The van der Waals surface area contributed by atoms with E-state index in [4.69, 9.17) is 9.68 Å². The van der Waals surface area contributed by atoms with Gasteiger partial charge in [-0.25, -0.2) is 0 Å². The summed E-state index contributed by atoms with van der Waals surface area (Å²) in [5.41, 5.74) is 1.28. The summed E-state index contributed by atoms with van der Waals surface area (Å²) in [6.07, 6.45) is 3.18. The van der Waals surface area contributed by atoms with Crippen molar-refractivity contribution in [1.29, 1.82) is 5.26 Å². The van der Waals surface area contributed by atoms with E-state index < -0.39 is 0 Å². The molecule has 0 saturated heterocycles. The smallest absolute Gasteiger partial charge is 0.203 e. The van der Waals surface area contributed by atoms with Crippen LogP contribution < -0.4 is 5.32 Å². The Bertz CT molecular complexity index is 764. The molecule has 1 aromatic carbocycles. The van der Waals surface area contributed by atoms with Crippen molar-refractivity contribution in [2.75, 3.05) is 6.54 Å². The van der Waals surface area contributed by atoms with Crippen molar-refractivity contribution in [3.8, 4) is 6.07 Å². The summed E-state index contributed by atoms with van der Waals surface area (Å²) in [5.74, 6) is 1.17. The molecule has 2 heterocycles. The topological polar surface area (TPSA) is 53.9 Å². The minimum atomic E-state index is 0.366. The summed E-state index contributed by atoms with van der Waals surface area (Å²) in [5, 5.41) is 13.3. The molecule has 0 aliphatic carbocycles. The van der Waals surface area contributed by atoms with Crippen LogP contribution in [0.4, 0.5) is 0 Å². The van der Waals surface area contributed by atoms with Crippen LogP contribution in [-0.4, -0.2) is 11.1 Å². The summed E-state index contributed by atoms with van der Waals surface area (Å²) in [7, 11) is 0. The molecule has 2 aromatic heterocycles. The third-order valence-corrected chi connectivity index (χ3v) is 3.50. The molecule has 3 aromatic rings. The maximum Gasteiger partial charge on any atom is 0.203 e. The molecule has 3 rings (SSSR count).